The first kappa shape index (κ1) is 21.7. The van der Waals surface area contributed by atoms with Gasteiger partial charge in [0.05, 0.1) is 24.2 Å². The molecule has 2 amide bonds. The number of benzene rings is 1. The summed E-state index contributed by atoms with van der Waals surface area (Å²) in [5.41, 5.74) is 2.26. The van der Waals surface area contributed by atoms with E-state index >= 15 is 0 Å². The molecule has 10 nitrogen and oxygen atoms in total. The van der Waals surface area contributed by atoms with E-state index in [0.717, 1.165) is 24.1 Å². The molecule has 3 heterocycles. The van der Waals surface area contributed by atoms with Crippen molar-refractivity contribution in [3.63, 3.8) is 0 Å². The fraction of sp³-hybridized carbons (Fsp3) is 0.455. The summed E-state index contributed by atoms with van der Waals surface area (Å²) in [5.74, 6) is 2.19. The number of aromatic nitrogens is 3. The van der Waals surface area contributed by atoms with Crippen LogP contribution in [0, 0.1) is 12.8 Å². The molecular weight excluding hydrogens is 446 g/mol. The second-order valence-electron chi connectivity index (χ2n) is 8.60. The predicted octanol–water partition coefficient (Wildman–Crippen LogP) is 2.78. The van der Waals surface area contributed by atoms with Crippen molar-refractivity contribution in [2.45, 2.75) is 45.0 Å². The molecule has 11 heteroatoms. The largest absolute Gasteiger partial charge is 0.495 e. The van der Waals surface area contributed by atoms with Crippen LogP contribution in [0.25, 0.3) is 6.08 Å². The molecule has 1 aliphatic carbocycles. The fourth-order valence-electron chi connectivity index (χ4n) is 4.35. The maximum absolute atomic E-state index is 12.5. The van der Waals surface area contributed by atoms with Crippen molar-refractivity contribution in [2.75, 3.05) is 29.2 Å². The fourth-order valence-corrected chi connectivity index (χ4v) is 4.60. The number of methoxy groups -OCH3 is 1. The minimum atomic E-state index is -0.920. The number of nitrogens with one attached hydrogen (secondary N) is 3. The summed E-state index contributed by atoms with van der Waals surface area (Å²) in [7, 11) is 1.55. The zero-order valence-electron chi connectivity index (χ0n) is 18.6. The Morgan fingerprint density at radius 2 is 2.09 bits per heavy atom. The molecule has 1 aromatic heterocycles. The third kappa shape index (κ3) is 4.16. The van der Waals surface area contributed by atoms with E-state index in [1.165, 1.54) is 0 Å². The average Bonchev–Trinajstić information content (AvgIpc) is 3.54. The molecule has 1 aromatic carbocycles. The molecule has 3 aliphatic rings. The highest BCUT2D eigenvalue weighted by Gasteiger charge is 2.43. The normalized spacial score (nSPS) is 22.8. The van der Waals surface area contributed by atoms with Crippen molar-refractivity contribution in [1.29, 1.82) is 0 Å². The van der Waals surface area contributed by atoms with Crippen molar-refractivity contribution in [2.24, 2.45) is 5.92 Å². The molecule has 1 unspecified atom stereocenters. The first-order chi connectivity index (χ1) is 15.8. The van der Waals surface area contributed by atoms with Crippen LogP contribution < -0.4 is 25.6 Å². The number of nitrogens with zero attached hydrogens (tertiary/aromatic N) is 4. The molecule has 2 aromatic rings. The Labute approximate surface area is 196 Å². The van der Waals surface area contributed by atoms with E-state index in [0.29, 0.717) is 46.5 Å². The topological polar surface area (TPSA) is 125 Å². The van der Waals surface area contributed by atoms with Gasteiger partial charge in [0.15, 0.2) is 0 Å². The number of hydrogen-bond donors (Lipinski definition) is 4. The molecule has 0 spiro atoms. The molecule has 1 saturated carbocycles. The summed E-state index contributed by atoms with van der Waals surface area (Å²) in [4.78, 5) is 27.5. The first-order valence-corrected chi connectivity index (χ1v) is 11.3. The molecule has 3 atom stereocenters. The maximum Gasteiger partial charge on any atom is 0.324 e. The van der Waals surface area contributed by atoms with E-state index in [1.807, 2.05) is 13.0 Å². The second kappa shape index (κ2) is 8.35. The Morgan fingerprint density at radius 1 is 1.30 bits per heavy atom. The standard InChI is InChI=1S/C22H26ClN7O3/c1-10(14-6-13-7-15(23)18(33-3)8-16(13)28-19(14)31)25-20-26-11(2)27-21(29-20)30-17(12-4-5-12)9-24-22(30)32/h6-8,10,12,17,19,28,31H,4-5,9H2,1-3H3,(H,24,32)(H,25,26,27,29)/t10-,17+,19?/m0/s1. The van der Waals surface area contributed by atoms with Gasteiger partial charge >= 0.3 is 6.03 Å². The van der Waals surface area contributed by atoms with Crippen molar-refractivity contribution < 1.29 is 14.6 Å². The van der Waals surface area contributed by atoms with Gasteiger partial charge in [0.25, 0.3) is 0 Å². The third-order valence-electron chi connectivity index (χ3n) is 6.23. The minimum absolute atomic E-state index is 0.0647. The molecule has 2 fully saturated rings. The summed E-state index contributed by atoms with van der Waals surface area (Å²) < 4.78 is 5.26. The summed E-state index contributed by atoms with van der Waals surface area (Å²) in [6, 6.07) is 3.11. The van der Waals surface area contributed by atoms with Crippen LogP contribution in [0.2, 0.25) is 5.02 Å². The number of aryl methyl sites for hydroxylation is 1. The number of fused-ring (bicyclic) bond motifs is 1. The van der Waals surface area contributed by atoms with E-state index in [9.17, 15) is 9.90 Å². The van der Waals surface area contributed by atoms with Crippen LogP contribution in [0.3, 0.4) is 0 Å². The van der Waals surface area contributed by atoms with Crippen LogP contribution in [-0.2, 0) is 0 Å². The SMILES string of the molecule is COc1cc2c(cc1Cl)C=C([C@H](C)Nc1nc(C)nc(N3C(=O)NC[C@@H]3C3CC3)n1)C(O)N2. The number of ether oxygens (including phenoxy) is 1. The Hall–Kier alpha value is -3.11. The van der Waals surface area contributed by atoms with E-state index in [-0.39, 0.29) is 18.1 Å². The second-order valence-corrected chi connectivity index (χ2v) is 9.01. The average molecular weight is 472 g/mol. The van der Waals surface area contributed by atoms with Gasteiger partial charge in [-0.3, -0.25) is 4.90 Å². The molecule has 4 N–H and O–H groups in total. The molecule has 1 saturated heterocycles. The number of carbonyl (C=O) groups excluding carboxylic acids is 1. The van der Waals surface area contributed by atoms with Crippen LogP contribution in [0.5, 0.6) is 5.75 Å². The van der Waals surface area contributed by atoms with Gasteiger partial charge in [-0.15, -0.1) is 0 Å². The van der Waals surface area contributed by atoms with E-state index < -0.39 is 6.23 Å². The lowest BCUT2D eigenvalue weighted by Gasteiger charge is -2.29. The summed E-state index contributed by atoms with van der Waals surface area (Å²) in [6.07, 6.45) is 3.18. The lowest BCUT2D eigenvalue weighted by molar-refractivity contribution is 0.234. The number of carbonyl (C=O) groups is 1. The number of anilines is 3. The van der Waals surface area contributed by atoms with E-state index in [2.05, 4.69) is 30.9 Å². The zero-order chi connectivity index (χ0) is 23.3. The Kier molecular flexibility index (Phi) is 5.49. The lowest BCUT2D eigenvalue weighted by Crippen LogP contribution is -2.38. The number of hydrogen-bond acceptors (Lipinski definition) is 8. The van der Waals surface area contributed by atoms with Crippen molar-refractivity contribution in [1.82, 2.24) is 20.3 Å². The first-order valence-electron chi connectivity index (χ1n) is 10.9. The van der Waals surface area contributed by atoms with Gasteiger partial charge < -0.3 is 25.8 Å². The van der Waals surface area contributed by atoms with Gasteiger partial charge in [0, 0.05) is 23.9 Å². The number of urea groups is 1. The Balaban J connectivity index is 1.40. The summed E-state index contributed by atoms with van der Waals surface area (Å²) in [6.45, 7) is 4.27. The van der Waals surface area contributed by atoms with Crippen LogP contribution in [0.4, 0.5) is 22.4 Å². The molecule has 0 bridgehead atoms. The highest BCUT2D eigenvalue weighted by Crippen LogP contribution is 2.38. The molecule has 33 heavy (non-hydrogen) atoms. The van der Waals surface area contributed by atoms with Gasteiger partial charge in [-0.05, 0) is 50.3 Å². The van der Waals surface area contributed by atoms with Crippen molar-refractivity contribution in [3.05, 3.63) is 34.1 Å². The van der Waals surface area contributed by atoms with Gasteiger partial charge in [-0.2, -0.15) is 15.0 Å². The third-order valence-corrected chi connectivity index (χ3v) is 6.52. The quantitative estimate of drug-likeness (QED) is 0.507. The molecule has 174 valence electrons. The lowest BCUT2D eigenvalue weighted by atomic mass is 9.98. The molecule has 2 aliphatic heterocycles. The van der Waals surface area contributed by atoms with Gasteiger partial charge in [-0.25, -0.2) is 4.79 Å². The Bertz CT molecular complexity index is 1140. The number of halogens is 1. The Morgan fingerprint density at radius 3 is 2.82 bits per heavy atom. The summed E-state index contributed by atoms with van der Waals surface area (Å²) >= 11 is 6.28. The van der Waals surface area contributed by atoms with Gasteiger partial charge in [0.1, 0.15) is 17.8 Å². The van der Waals surface area contributed by atoms with Gasteiger partial charge in [-0.1, -0.05) is 11.6 Å². The van der Waals surface area contributed by atoms with Crippen LogP contribution >= 0.6 is 11.6 Å². The molecule has 5 rings (SSSR count). The van der Waals surface area contributed by atoms with Crippen molar-refractivity contribution >= 4 is 41.3 Å². The zero-order valence-corrected chi connectivity index (χ0v) is 19.3. The number of amides is 2. The maximum atomic E-state index is 12.5. The van der Waals surface area contributed by atoms with Crippen LogP contribution in [0.15, 0.2) is 17.7 Å². The number of aliphatic hydroxyl groups is 1. The van der Waals surface area contributed by atoms with Crippen molar-refractivity contribution in [3.8, 4) is 5.75 Å². The smallest absolute Gasteiger partial charge is 0.324 e. The van der Waals surface area contributed by atoms with E-state index in [4.69, 9.17) is 16.3 Å². The highest BCUT2D eigenvalue weighted by molar-refractivity contribution is 6.32. The monoisotopic (exact) mass is 471 g/mol. The molecular formula is C22H26ClN7O3. The molecule has 0 radical (unpaired) electrons. The number of aliphatic hydroxyl groups excluding tert-OH is 1. The van der Waals surface area contributed by atoms with Gasteiger partial charge in [0.2, 0.25) is 11.9 Å². The van der Waals surface area contributed by atoms with Crippen LogP contribution in [0.1, 0.15) is 31.2 Å². The highest BCUT2D eigenvalue weighted by atomic mass is 35.5. The predicted molar refractivity (Wildman–Crippen MR) is 126 cm³/mol. The van der Waals surface area contributed by atoms with E-state index in [1.54, 1.807) is 31.1 Å². The minimum Gasteiger partial charge on any atom is -0.495 e. The summed E-state index contributed by atoms with van der Waals surface area (Å²) in [5, 5.41) is 20.4. The number of rotatable bonds is 6. The van der Waals surface area contributed by atoms with Crippen LogP contribution in [-0.4, -0.2) is 58.1 Å².